The average Bonchev–Trinajstić information content (AvgIpc) is 2.89. The van der Waals surface area contributed by atoms with Crippen LogP contribution in [0.25, 0.3) is 0 Å². The van der Waals surface area contributed by atoms with Crippen molar-refractivity contribution in [3.8, 4) is 0 Å². The molecule has 1 N–H and O–H groups in total. The lowest BCUT2D eigenvalue weighted by Crippen LogP contribution is -2.53. The van der Waals surface area contributed by atoms with Gasteiger partial charge in [0.15, 0.2) is 0 Å². The number of anilines is 1. The molecule has 40 heavy (non-hydrogen) atoms. The number of amides is 2. The van der Waals surface area contributed by atoms with Gasteiger partial charge in [-0.1, -0.05) is 66.0 Å². The molecular formula is C29H32Cl3N3O4S. The van der Waals surface area contributed by atoms with E-state index >= 15 is 0 Å². The summed E-state index contributed by atoms with van der Waals surface area (Å²) in [6, 6.07) is 16.5. The van der Waals surface area contributed by atoms with Crippen LogP contribution in [0.1, 0.15) is 38.3 Å². The van der Waals surface area contributed by atoms with Gasteiger partial charge in [0.05, 0.1) is 10.6 Å². The van der Waals surface area contributed by atoms with Crippen LogP contribution in [0.15, 0.2) is 71.6 Å². The van der Waals surface area contributed by atoms with Crippen LogP contribution >= 0.6 is 34.8 Å². The smallest absolute Gasteiger partial charge is 0.264 e. The summed E-state index contributed by atoms with van der Waals surface area (Å²) in [6.07, 6.45) is 0.276. The molecule has 3 aromatic rings. The SMILES string of the molecule is CC[C@H](C(=O)NC(C)C)N(Cc1c(Cl)cccc1Cl)C(=O)CN(c1ccc(Cl)cc1C)S(=O)(=O)c1ccccc1. The number of hydrogen-bond donors (Lipinski definition) is 1. The van der Waals surface area contributed by atoms with Crippen LogP contribution in [0.2, 0.25) is 15.1 Å². The zero-order valence-electron chi connectivity index (χ0n) is 22.7. The van der Waals surface area contributed by atoms with E-state index in [1.165, 1.54) is 17.0 Å². The van der Waals surface area contributed by atoms with Crippen molar-refractivity contribution in [1.29, 1.82) is 0 Å². The molecule has 0 saturated carbocycles. The van der Waals surface area contributed by atoms with Crippen LogP contribution < -0.4 is 9.62 Å². The van der Waals surface area contributed by atoms with Crippen LogP contribution in [0.5, 0.6) is 0 Å². The summed E-state index contributed by atoms with van der Waals surface area (Å²) in [5, 5.41) is 3.93. The van der Waals surface area contributed by atoms with Gasteiger partial charge < -0.3 is 10.2 Å². The summed E-state index contributed by atoms with van der Waals surface area (Å²) in [6.45, 7) is 6.46. The number of hydrogen-bond acceptors (Lipinski definition) is 4. The van der Waals surface area contributed by atoms with Gasteiger partial charge in [-0.2, -0.15) is 0 Å². The summed E-state index contributed by atoms with van der Waals surface area (Å²) in [7, 11) is -4.19. The molecule has 0 radical (unpaired) electrons. The maximum Gasteiger partial charge on any atom is 0.264 e. The molecular weight excluding hydrogens is 593 g/mol. The zero-order chi connectivity index (χ0) is 29.6. The van der Waals surface area contributed by atoms with E-state index in [1.54, 1.807) is 68.4 Å². The first-order valence-corrected chi connectivity index (χ1v) is 15.3. The minimum Gasteiger partial charge on any atom is -0.352 e. The van der Waals surface area contributed by atoms with Gasteiger partial charge in [0.1, 0.15) is 12.6 Å². The van der Waals surface area contributed by atoms with Crippen LogP contribution in [-0.2, 0) is 26.2 Å². The highest BCUT2D eigenvalue weighted by Gasteiger charge is 2.34. The molecule has 1 atom stereocenters. The van der Waals surface area contributed by atoms with Crippen LogP contribution in [0, 0.1) is 6.92 Å². The first-order chi connectivity index (χ1) is 18.9. The normalized spacial score (nSPS) is 12.2. The second-order valence-electron chi connectivity index (χ2n) is 9.56. The maximum atomic E-state index is 14.1. The number of nitrogens with one attached hydrogen (secondary N) is 1. The molecule has 0 saturated heterocycles. The van der Waals surface area contributed by atoms with E-state index < -0.39 is 28.5 Å². The number of halogens is 3. The highest BCUT2D eigenvalue weighted by atomic mass is 35.5. The summed E-state index contributed by atoms with van der Waals surface area (Å²) in [4.78, 5) is 28.7. The molecule has 0 aliphatic heterocycles. The second kappa shape index (κ2) is 13.7. The Kier molecular flexibility index (Phi) is 10.9. The number of rotatable bonds is 11. The molecule has 3 aromatic carbocycles. The Balaban J connectivity index is 2.13. The van der Waals surface area contributed by atoms with Crippen molar-refractivity contribution in [2.75, 3.05) is 10.8 Å². The van der Waals surface area contributed by atoms with E-state index in [-0.39, 0.29) is 35.5 Å². The van der Waals surface area contributed by atoms with Crippen molar-refractivity contribution in [2.45, 2.75) is 57.6 Å². The van der Waals surface area contributed by atoms with E-state index in [0.717, 1.165) is 4.31 Å². The fraction of sp³-hybridized carbons (Fsp3) is 0.310. The number of sulfonamides is 1. The molecule has 0 aliphatic carbocycles. The minimum atomic E-state index is -4.19. The maximum absolute atomic E-state index is 14.1. The first kappa shape index (κ1) is 31.7. The number of aryl methyl sites for hydroxylation is 1. The van der Waals surface area contributed by atoms with Gasteiger partial charge in [-0.05, 0) is 75.2 Å². The third-order valence-corrected chi connectivity index (χ3v) is 8.96. The molecule has 0 fully saturated rings. The number of carbonyl (C=O) groups excluding carboxylic acids is 2. The molecule has 214 valence electrons. The quantitative estimate of drug-likeness (QED) is 0.265. The van der Waals surface area contributed by atoms with E-state index in [0.29, 0.717) is 26.2 Å². The fourth-order valence-electron chi connectivity index (χ4n) is 4.29. The highest BCUT2D eigenvalue weighted by molar-refractivity contribution is 7.92. The van der Waals surface area contributed by atoms with Crippen molar-refractivity contribution in [3.05, 3.63) is 92.9 Å². The first-order valence-electron chi connectivity index (χ1n) is 12.7. The molecule has 2 amide bonds. The van der Waals surface area contributed by atoms with Gasteiger partial charge in [-0.3, -0.25) is 13.9 Å². The van der Waals surface area contributed by atoms with Gasteiger partial charge in [0.2, 0.25) is 11.8 Å². The molecule has 0 bridgehead atoms. The number of nitrogens with zero attached hydrogens (tertiary/aromatic N) is 2. The molecule has 0 heterocycles. The Hall–Kier alpha value is -2.78. The number of carbonyl (C=O) groups is 2. The summed E-state index contributed by atoms with van der Waals surface area (Å²) in [5.74, 6) is -0.968. The number of benzene rings is 3. The van der Waals surface area contributed by atoms with Crippen molar-refractivity contribution < 1.29 is 18.0 Å². The summed E-state index contributed by atoms with van der Waals surface area (Å²) in [5.41, 5.74) is 1.30. The molecule has 11 heteroatoms. The summed E-state index contributed by atoms with van der Waals surface area (Å²) >= 11 is 19.0. The van der Waals surface area contributed by atoms with Crippen LogP contribution in [0.4, 0.5) is 5.69 Å². The molecule has 3 rings (SSSR count). The average molecular weight is 625 g/mol. The topological polar surface area (TPSA) is 86.8 Å². The molecule has 0 spiro atoms. The lowest BCUT2D eigenvalue weighted by atomic mass is 10.1. The fourth-order valence-corrected chi connectivity index (χ4v) is 6.53. The van der Waals surface area contributed by atoms with Gasteiger partial charge in [0.25, 0.3) is 10.0 Å². The zero-order valence-corrected chi connectivity index (χ0v) is 25.8. The molecule has 7 nitrogen and oxygen atoms in total. The Morgan fingerprint density at radius 1 is 0.925 bits per heavy atom. The second-order valence-corrected chi connectivity index (χ2v) is 12.7. The van der Waals surface area contributed by atoms with Crippen molar-refractivity contribution in [2.24, 2.45) is 0 Å². The largest absolute Gasteiger partial charge is 0.352 e. The minimum absolute atomic E-state index is 0.0161. The third kappa shape index (κ3) is 7.49. The van der Waals surface area contributed by atoms with E-state index in [9.17, 15) is 18.0 Å². The Morgan fingerprint density at radius 3 is 2.10 bits per heavy atom. The summed E-state index contributed by atoms with van der Waals surface area (Å²) < 4.78 is 28.9. The van der Waals surface area contributed by atoms with E-state index in [2.05, 4.69) is 5.32 Å². The highest BCUT2D eigenvalue weighted by Crippen LogP contribution is 2.31. The van der Waals surface area contributed by atoms with Crippen LogP contribution in [0.3, 0.4) is 0 Å². The van der Waals surface area contributed by atoms with Crippen LogP contribution in [-0.4, -0.2) is 43.8 Å². The Morgan fingerprint density at radius 2 is 1.55 bits per heavy atom. The van der Waals surface area contributed by atoms with Crippen molar-refractivity contribution in [3.63, 3.8) is 0 Å². The third-order valence-electron chi connectivity index (χ3n) is 6.24. The van der Waals surface area contributed by atoms with Crippen molar-refractivity contribution in [1.82, 2.24) is 10.2 Å². The van der Waals surface area contributed by atoms with E-state index in [4.69, 9.17) is 34.8 Å². The standard InChI is InChI=1S/C29H32Cl3N3O4S/c1-5-26(29(37)33-19(2)3)34(17-23-24(31)12-9-13-25(23)32)28(36)18-35(27-15-14-21(30)16-20(27)4)40(38,39)22-10-7-6-8-11-22/h6-16,19,26H,5,17-18H2,1-4H3,(H,33,37)/t26-/m1/s1. The monoisotopic (exact) mass is 623 g/mol. The predicted octanol–water partition coefficient (Wildman–Crippen LogP) is 6.48. The lowest BCUT2D eigenvalue weighted by Gasteiger charge is -2.34. The Labute approximate surface area is 251 Å². The molecule has 0 aliphatic rings. The Bertz CT molecular complexity index is 1450. The van der Waals surface area contributed by atoms with Gasteiger partial charge in [0, 0.05) is 33.2 Å². The van der Waals surface area contributed by atoms with Gasteiger partial charge >= 0.3 is 0 Å². The molecule has 0 unspecified atom stereocenters. The van der Waals surface area contributed by atoms with Gasteiger partial charge in [-0.15, -0.1) is 0 Å². The van der Waals surface area contributed by atoms with E-state index in [1.807, 2.05) is 13.8 Å². The lowest BCUT2D eigenvalue weighted by molar-refractivity contribution is -0.140. The van der Waals surface area contributed by atoms with Gasteiger partial charge in [-0.25, -0.2) is 8.42 Å². The predicted molar refractivity (Wildman–Crippen MR) is 162 cm³/mol. The molecule has 0 aromatic heterocycles. The van der Waals surface area contributed by atoms with Crippen molar-refractivity contribution >= 4 is 62.3 Å².